The Morgan fingerprint density at radius 1 is 1.21 bits per heavy atom. The summed E-state index contributed by atoms with van der Waals surface area (Å²) in [7, 11) is 2.56. The summed E-state index contributed by atoms with van der Waals surface area (Å²) < 4.78 is 13.7. The molecule has 14 heavy (non-hydrogen) atoms. The van der Waals surface area contributed by atoms with E-state index in [1.54, 1.807) is 0 Å². The monoisotopic (exact) mass is 205 g/mol. The van der Waals surface area contributed by atoms with Crippen LogP contribution in [-0.2, 0) is 23.8 Å². The Labute approximate surface area is 82.3 Å². The molecule has 0 aliphatic rings. The molecule has 82 valence electrons. The molecule has 0 aliphatic heterocycles. The number of nitrogens with two attached hydrogens (primary N) is 1. The molecule has 0 rings (SSSR count). The van der Waals surface area contributed by atoms with Crippen molar-refractivity contribution in [2.75, 3.05) is 20.8 Å². The standard InChI is InChI=1S/C8H15NO5/c1-12-7(10)3-4-14-6(9)5-8(11)13-2/h6H,3-5,9H2,1-2H3/t6-/m0/s1. The van der Waals surface area contributed by atoms with E-state index >= 15 is 0 Å². The van der Waals surface area contributed by atoms with Gasteiger partial charge in [-0.1, -0.05) is 0 Å². The molecule has 0 radical (unpaired) electrons. The smallest absolute Gasteiger partial charge is 0.309 e. The zero-order chi connectivity index (χ0) is 11.0. The maximum Gasteiger partial charge on any atom is 0.309 e. The average molecular weight is 205 g/mol. The first-order valence-electron chi connectivity index (χ1n) is 4.11. The first-order valence-corrected chi connectivity index (χ1v) is 4.11. The molecule has 0 bridgehead atoms. The Bertz CT molecular complexity index is 194. The van der Waals surface area contributed by atoms with Gasteiger partial charge in [-0.25, -0.2) is 0 Å². The summed E-state index contributed by atoms with van der Waals surface area (Å²) >= 11 is 0. The molecule has 0 aromatic heterocycles. The van der Waals surface area contributed by atoms with Crippen LogP contribution >= 0.6 is 0 Å². The Balaban J connectivity index is 3.49. The Hall–Kier alpha value is -1.14. The third-order valence-electron chi connectivity index (χ3n) is 1.46. The number of hydrogen-bond acceptors (Lipinski definition) is 6. The molecular formula is C8H15NO5. The van der Waals surface area contributed by atoms with Crippen molar-refractivity contribution >= 4 is 11.9 Å². The number of rotatable bonds is 6. The lowest BCUT2D eigenvalue weighted by Crippen LogP contribution is -2.28. The van der Waals surface area contributed by atoms with Gasteiger partial charge in [-0.05, 0) is 0 Å². The van der Waals surface area contributed by atoms with E-state index in [1.165, 1.54) is 14.2 Å². The van der Waals surface area contributed by atoms with Gasteiger partial charge in [0.2, 0.25) is 0 Å². The van der Waals surface area contributed by atoms with Crippen LogP contribution in [0.2, 0.25) is 0 Å². The summed E-state index contributed by atoms with van der Waals surface area (Å²) in [5.74, 6) is -0.828. The number of hydrogen-bond donors (Lipinski definition) is 1. The maximum atomic E-state index is 10.7. The average Bonchev–Trinajstić information content (AvgIpc) is 2.17. The van der Waals surface area contributed by atoms with Crippen LogP contribution in [0.4, 0.5) is 0 Å². The third kappa shape index (κ3) is 6.38. The minimum absolute atomic E-state index is 0.0301. The minimum Gasteiger partial charge on any atom is -0.469 e. The van der Waals surface area contributed by atoms with Crippen molar-refractivity contribution in [2.45, 2.75) is 19.1 Å². The molecule has 0 aromatic carbocycles. The van der Waals surface area contributed by atoms with E-state index in [4.69, 9.17) is 10.5 Å². The van der Waals surface area contributed by atoms with E-state index in [9.17, 15) is 9.59 Å². The van der Waals surface area contributed by atoms with Crippen LogP contribution in [0.25, 0.3) is 0 Å². The second-order valence-electron chi connectivity index (χ2n) is 2.52. The first-order chi connectivity index (χ1) is 6.60. The van der Waals surface area contributed by atoms with E-state index in [0.717, 1.165) is 0 Å². The summed E-state index contributed by atoms with van der Waals surface area (Å²) in [4.78, 5) is 21.3. The van der Waals surface area contributed by atoms with E-state index in [0.29, 0.717) is 0 Å². The van der Waals surface area contributed by atoms with Crippen LogP contribution < -0.4 is 5.73 Å². The lowest BCUT2D eigenvalue weighted by atomic mass is 10.4. The van der Waals surface area contributed by atoms with Crippen LogP contribution in [0.5, 0.6) is 0 Å². The van der Waals surface area contributed by atoms with Crippen molar-refractivity contribution in [3.63, 3.8) is 0 Å². The maximum absolute atomic E-state index is 10.7. The van der Waals surface area contributed by atoms with Gasteiger partial charge in [0.1, 0.15) is 6.23 Å². The number of carbonyl (C=O) groups excluding carboxylic acids is 2. The topological polar surface area (TPSA) is 87.9 Å². The van der Waals surface area contributed by atoms with Gasteiger partial charge in [-0.2, -0.15) is 0 Å². The number of ether oxygens (including phenoxy) is 3. The quantitative estimate of drug-likeness (QED) is 0.460. The SMILES string of the molecule is COC(=O)CCO[C@H](N)CC(=O)OC. The fourth-order valence-corrected chi connectivity index (χ4v) is 0.702. The molecule has 1 atom stereocenters. The summed E-state index contributed by atoms with van der Waals surface area (Å²) in [5, 5.41) is 0. The van der Waals surface area contributed by atoms with Crippen molar-refractivity contribution in [3.8, 4) is 0 Å². The molecule has 0 aromatic rings. The highest BCUT2D eigenvalue weighted by molar-refractivity contribution is 5.70. The summed E-state index contributed by atoms with van der Waals surface area (Å²) in [6, 6.07) is 0. The van der Waals surface area contributed by atoms with Crippen LogP contribution in [0.3, 0.4) is 0 Å². The van der Waals surface area contributed by atoms with Gasteiger partial charge in [0.15, 0.2) is 0 Å². The van der Waals surface area contributed by atoms with Gasteiger partial charge in [0, 0.05) is 0 Å². The lowest BCUT2D eigenvalue weighted by Gasteiger charge is -2.10. The summed E-state index contributed by atoms with van der Waals surface area (Å²) in [6.07, 6.45) is -0.657. The van der Waals surface area contributed by atoms with Crippen LogP contribution in [-0.4, -0.2) is 39.0 Å². The van der Waals surface area contributed by atoms with Crippen LogP contribution in [0, 0.1) is 0 Å². The highest BCUT2D eigenvalue weighted by Crippen LogP contribution is 1.95. The summed E-state index contributed by atoms with van der Waals surface area (Å²) in [6.45, 7) is 0.130. The molecule has 0 amide bonds. The van der Waals surface area contributed by atoms with E-state index in [1.807, 2.05) is 0 Å². The van der Waals surface area contributed by atoms with Crippen LogP contribution in [0.15, 0.2) is 0 Å². The van der Waals surface area contributed by atoms with Gasteiger partial charge in [0.25, 0.3) is 0 Å². The summed E-state index contributed by atoms with van der Waals surface area (Å²) in [5.41, 5.74) is 5.40. The number of methoxy groups -OCH3 is 2. The van der Waals surface area contributed by atoms with Gasteiger partial charge < -0.3 is 19.9 Å². The van der Waals surface area contributed by atoms with E-state index < -0.39 is 12.2 Å². The lowest BCUT2D eigenvalue weighted by molar-refractivity contribution is -0.144. The van der Waals surface area contributed by atoms with Crippen molar-refractivity contribution in [1.29, 1.82) is 0 Å². The van der Waals surface area contributed by atoms with Gasteiger partial charge >= 0.3 is 11.9 Å². The van der Waals surface area contributed by atoms with Gasteiger partial charge in [-0.3, -0.25) is 9.59 Å². The predicted octanol–water partition coefficient (Wildman–Crippen LogP) is -0.586. The molecule has 2 N–H and O–H groups in total. The molecule has 6 nitrogen and oxygen atoms in total. The zero-order valence-electron chi connectivity index (χ0n) is 8.32. The van der Waals surface area contributed by atoms with Crippen molar-refractivity contribution in [3.05, 3.63) is 0 Å². The normalized spacial score (nSPS) is 11.9. The van der Waals surface area contributed by atoms with Gasteiger partial charge in [0.05, 0.1) is 33.7 Å². The fraction of sp³-hybridized carbons (Fsp3) is 0.750. The largest absolute Gasteiger partial charge is 0.469 e. The molecule has 0 saturated heterocycles. The van der Waals surface area contributed by atoms with E-state index in [2.05, 4.69) is 9.47 Å². The minimum atomic E-state index is -0.743. The van der Waals surface area contributed by atoms with Gasteiger partial charge in [-0.15, -0.1) is 0 Å². The molecular weight excluding hydrogens is 190 g/mol. The fourth-order valence-electron chi connectivity index (χ4n) is 0.702. The predicted molar refractivity (Wildman–Crippen MR) is 47.2 cm³/mol. The second-order valence-corrected chi connectivity index (χ2v) is 2.52. The first kappa shape index (κ1) is 12.9. The second kappa shape index (κ2) is 7.28. The zero-order valence-corrected chi connectivity index (χ0v) is 8.32. The molecule has 0 unspecified atom stereocenters. The highest BCUT2D eigenvalue weighted by atomic mass is 16.5. The Morgan fingerprint density at radius 2 is 1.79 bits per heavy atom. The molecule has 0 spiro atoms. The molecule has 6 heteroatoms. The molecule has 0 heterocycles. The molecule has 0 saturated carbocycles. The van der Waals surface area contributed by atoms with Crippen molar-refractivity contribution in [1.82, 2.24) is 0 Å². The molecule has 0 aliphatic carbocycles. The third-order valence-corrected chi connectivity index (χ3v) is 1.46. The molecule has 0 fully saturated rings. The Morgan fingerprint density at radius 3 is 2.29 bits per heavy atom. The Kier molecular flexibility index (Phi) is 6.69. The number of carbonyl (C=O) groups is 2. The number of esters is 2. The van der Waals surface area contributed by atoms with Crippen molar-refractivity contribution in [2.24, 2.45) is 5.73 Å². The van der Waals surface area contributed by atoms with Crippen LogP contribution in [0.1, 0.15) is 12.8 Å². The highest BCUT2D eigenvalue weighted by Gasteiger charge is 2.10. The van der Waals surface area contributed by atoms with Crippen molar-refractivity contribution < 1.29 is 23.8 Å². The van der Waals surface area contributed by atoms with E-state index in [-0.39, 0.29) is 25.4 Å².